The largest absolute Gasteiger partial charge is 0.317 e. The minimum atomic E-state index is 0.0563. The second-order valence-corrected chi connectivity index (χ2v) is 3.31. The van der Waals surface area contributed by atoms with Gasteiger partial charge in [0.1, 0.15) is 0 Å². The Morgan fingerprint density at radius 3 is 2.85 bits per heavy atom. The zero-order chi connectivity index (χ0) is 9.84. The molecule has 0 fully saturated rings. The fourth-order valence-corrected chi connectivity index (χ4v) is 1.23. The number of nitrogens with zero attached hydrogens (tertiary/aromatic N) is 1. The van der Waals surface area contributed by atoms with E-state index in [2.05, 4.69) is 12.2 Å². The van der Waals surface area contributed by atoms with E-state index in [4.69, 9.17) is 0 Å². The molecule has 0 spiro atoms. The van der Waals surface area contributed by atoms with Crippen molar-refractivity contribution in [3.8, 4) is 0 Å². The van der Waals surface area contributed by atoms with Gasteiger partial charge in [0.2, 0.25) is 5.56 Å². The lowest BCUT2D eigenvalue weighted by molar-refractivity contribution is 0.582. The lowest BCUT2D eigenvalue weighted by Gasteiger charge is -2.12. The average Bonchev–Trinajstić information content (AvgIpc) is 2.13. The van der Waals surface area contributed by atoms with Crippen LogP contribution in [0.25, 0.3) is 0 Å². The molecule has 3 heteroatoms. The third-order valence-electron chi connectivity index (χ3n) is 2.30. The van der Waals surface area contributed by atoms with Gasteiger partial charge in [-0.25, -0.2) is 0 Å². The van der Waals surface area contributed by atoms with Crippen LogP contribution in [-0.4, -0.2) is 17.7 Å². The molecule has 1 atom stereocenters. The van der Waals surface area contributed by atoms with Crippen molar-refractivity contribution >= 4 is 0 Å². The molecular formula is C10H16N2O. The summed E-state index contributed by atoms with van der Waals surface area (Å²) in [7, 11) is 3.73. The lowest BCUT2D eigenvalue weighted by Crippen LogP contribution is -2.27. The van der Waals surface area contributed by atoms with Gasteiger partial charge < -0.3 is 9.88 Å². The Hall–Kier alpha value is -1.09. The van der Waals surface area contributed by atoms with Crippen LogP contribution in [0.2, 0.25) is 0 Å². The highest BCUT2D eigenvalue weighted by Crippen LogP contribution is 1.98. The van der Waals surface area contributed by atoms with E-state index in [9.17, 15) is 4.79 Å². The van der Waals surface area contributed by atoms with Gasteiger partial charge >= 0.3 is 0 Å². The van der Waals surface area contributed by atoms with E-state index < -0.39 is 0 Å². The van der Waals surface area contributed by atoms with Gasteiger partial charge in [-0.1, -0.05) is 6.07 Å². The molecule has 3 nitrogen and oxygen atoms in total. The Labute approximate surface area is 78.4 Å². The van der Waals surface area contributed by atoms with Crippen LogP contribution < -0.4 is 10.9 Å². The third-order valence-corrected chi connectivity index (χ3v) is 2.30. The highest BCUT2D eigenvalue weighted by atomic mass is 16.1. The Balaban J connectivity index is 2.89. The van der Waals surface area contributed by atoms with Crippen molar-refractivity contribution in [3.05, 3.63) is 34.2 Å². The van der Waals surface area contributed by atoms with E-state index in [0.29, 0.717) is 6.04 Å². The highest BCUT2D eigenvalue weighted by Gasteiger charge is 2.03. The zero-order valence-corrected chi connectivity index (χ0v) is 8.37. The van der Waals surface area contributed by atoms with Crippen molar-refractivity contribution in [1.29, 1.82) is 0 Å². The van der Waals surface area contributed by atoms with E-state index in [0.717, 1.165) is 12.1 Å². The Kier molecular flexibility index (Phi) is 3.25. The minimum Gasteiger partial charge on any atom is -0.317 e. The molecule has 0 aromatic carbocycles. The fourth-order valence-electron chi connectivity index (χ4n) is 1.23. The van der Waals surface area contributed by atoms with Crippen molar-refractivity contribution in [2.45, 2.75) is 19.4 Å². The number of likely N-dealkylation sites (N-methyl/N-ethyl adjacent to an activating group) is 1. The van der Waals surface area contributed by atoms with Crippen LogP contribution in [0.3, 0.4) is 0 Å². The van der Waals surface area contributed by atoms with Crippen LogP contribution in [-0.2, 0) is 13.5 Å². The number of pyridine rings is 1. The maximum absolute atomic E-state index is 11.3. The van der Waals surface area contributed by atoms with Gasteiger partial charge in [0.25, 0.3) is 0 Å². The summed E-state index contributed by atoms with van der Waals surface area (Å²) in [4.78, 5) is 11.3. The average molecular weight is 180 g/mol. The molecule has 0 aliphatic carbocycles. The van der Waals surface area contributed by atoms with Crippen LogP contribution >= 0.6 is 0 Å². The van der Waals surface area contributed by atoms with Gasteiger partial charge in [-0.2, -0.15) is 0 Å². The molecule has 0 amide bonds. The summed E-state index contributed by atoms with van der Waals surface area (Å²) in [6.45, 7) is 2.09. The Morgan fingerprint density at radius 2 is 2.23 bits per heavy atom. The van der Waals surface area contributed by atoms with Crippen molar-refractivity contribution in [1.82, 2.24) is 9.88 Å². The van der Waals surface area contributed by atoms with E-state index >= 15 is 0 Å². The summed E-state index contributed by atoms with van der Waals surface area (Å²) in [5, 5.41) is 3.14. The first-order chi connectivity index (χ1) is 6.15. The second-order valence-electron chi connectivity index (χ2n) is 3.31. The molecule has 1 rings (SSSR count). The summed E-state index contributed by atoms with van der Waals surface area (Å²) in [6, 6.07) is 5.76. The first kappa shape index (κ1) is 9.99. The van der Waals surface area contributed by atoms with Crippen molar-refractivity contribution < 1.29 is 0 Å². The molecule has 1 N–H and O–H groups in total. The van der Waals surface area contributed by atoms with Crippen LogP contribution in [0.15, 0.2) is 23.0 Å². The monoisotopic (exact) mass is 180 g/mol. The second kappa shape index (κ2) is 4.23. The summed E-state index contributed by atoms with van der Waals surface area (Å²) in [5.41, 5.74) is 1.12. The van der Waals surface area contributed by atoms with Crippen LogP contribution in [0, 0.1) is 0 Å². The SMILES string of the molecule is CNC(C)Cc1cccc(=O)n1C. The number of hydrogen-bond donors (Lipinski definition) is 1. The first-order valence-electron chi connectivity index (χ1n) is 4.47. The predicted molar refractivity (Wildman–Crippen MR) is 53.9 cm³/mol. The number of hydrogen-bond acceptors (Lipinski definition) is 2. The van der Waals surface area contributed by atoms with Crippen molar-refractivity contribution in [2.24, 2.45) is 7.05 Å². The van der Waals surface area contributed by atoms with Gasteiger partial charge in [0, 0.05) is 31.3 Å². The zero-order valence-electron chi connectivity index (χ0n) is 8.37. The summed E-state index contributed by atoms with van der Waals surface area (Å²) in [5.74, 6) is 0. The molecule has 13 heavy (non-hydrogen) atoms. The minimum absolute atomic E-state index is 0.0563. The third kappa shape index (κ3) is 2.42. The van der Waals surface area contributed by atoms with Crippen molar-refractivity contribution in [3.63, 3.8) is 0 Å². The fraction of sp³-hybridized carbons (Fsp3) is 0.500. The van der Waals surface area contributed by atoms with E-state index in [1.807, 2.05) is 13.1 Å². The Bertz CT molecular complexity index is 330. The van der Waals surface area contributed by atoms with Crippen LogP contribution in [0.1, 0.15) is 12.6 Å². The summed E-state index contributed by atoms with van der Waals surface area (Å²) >= 11 is 0. The molecule has 72 valence electrons. The normalized spacial score (nSPS) is 12.8. The standard InChI is InChI=1S/C10H16N2O/c1-8(11-2)7-9-5-4-6-10(13)12(9)3/h4-6,8,11H,7H2,1-3H3. The van der Waals surface area contributed by atoms with Gasteiger partial charge in [0.15, 0.2) is 0 Å². The van der Waals surface area contributed by atoms with E-state index in [-0.39, 0.29) is 5.56 Å². The molecule has 0 radical (unpaired) electrons. The topological polar surface area (TPSA) is 34.0 Å². The molecule has 1 unspecified atom stereocenters. The highest BCUT2D eigenvalue weighted by molar-refractivity contribution is 5.07. The predicted octanol–water partition coefficient (Wildman–Crippen LogP) is 0.536. The molecular weight excluding hydrogens is 164 g/mol. The van der Waals surface area contributed by atoms with Crippen molar-refractivity contribution in [2.75, 3.05) is 7.05 Å². The van der Waals surface area contributed by atoms with Gasteiger partial charge in [0.05, 0.1) is 0 Å². The number of aromatic nitrogens is 1. The molecule has 0 bridgehead atoms. The molecule has 1 aromatic heterocycles. The molecule has 0 saturated carbocycles. The van der Waals surface area contributed by atoms with Gasteiger partial charge in [-0.05, 0) is 20.0 Å². The summed E-state index contributed by atoms with van der Waals surface area (Å²) < 4.78 is 1.69. The van der Waals surface area contributed by atoms with Gasteiger partial charge in [-0.15, -0.1) is 0 Å². The molecule has 0 aliphatic heterocycles. The number of nitrogens with one attached hydrogen (secondary N) is 1. The van der Waals surface area contributed by atoms with Crippen LogP contribution in [0.4, 0.5) is 0 Å². The van der Waals surface area contributed by atoms with E-state index in [1.54, 1.807) is 23.7 Å². The number of rotatable bonds is 3. The quantitative estimate of drug-likeness (QED) is 0.736. The van der Waals surface area contributed by atoms with Gasteiger partial charge in [-0.3, -0.25) is 4.79 Å². The molecule has 0 saturated heterocycles. The van der Waals surface area contributed by atoms with Crippen LogP contribution in [0.5, 0.6) is 0 Å². The lowest BCUT2D eigenvalue weighted by atomic mass is 10.1. The first-order valence-corrected chi connectivity index (χ1v) is 4.47. The smallest absolute Gasteiger partial charge is 0.250 e. The molecule has 0 aliphatic rings. The maximum atomic E-state index is 11.3. The van der Waals surface area contributed by atoms with E-state index in [1.165, 1.54) is 0 Å². The Morgan fingerprint density at radius 1 is 1.54 bits per heavy atom. The molecule has 1 heterocycles. The summed E-state index contributed by atoms with van der Waals surface area (Å²) in [6.07, 6.45) is 0.878. The molecule has 1 aromatic rings. The maximum Gasteiger partial charge on any atom is 0.250 e.